The predicted molar refractivity (Wildman–Crippen MR) is 194 cm³/mol. The fraction of sp³-hybridized carbons (Fsp3) is 0. The maximum absolute atomic E-state index is 8.35. The Balaban J connectivity index is 1.33. The maximum atomic E-state index is 8.35. The summed E-state index contributed by atoms with van der Waals surface area (Å²) in [6.45, 7) is 8.35. The highest BCUT2D eigenvalue weighted by atomic mass is 16.3. The molecule has 0 fully saturated rings. The van der Waals surface area contributed by atoms with E-state index < -0.39 is 0 Å². The molecular weight excluding hydrogens is 574 g/mol. The molecule has 0 spiro atoms. The molecule has 0 aliphatic heterocycles. The van der Waals surface area contributed by atoms with E-state index in [2.05, 4.69) is 141 Å². The summed E-state index contributed by atoms with van der Waals surface area (Å²) in [6.07, 6.45) is 0. The van der Waals surface area contributed by atoms with E-state index in [1.54, 1.807) is 0 Å². The molecular formula is C43H25N3O. The number of hydrogen-bond acceptors (Lipinski definition) is 1. The van der Waals surface area contributed by atoms with Crippen LogP contribution in [-0.2, 0) is 0 Å². The zero-order valence-corrected chi connectivity index (χ0v) is 25.2. The van der Waals surface area contributed by atoms with Gasteiger partial charge in [-0.3, -0.25) is 0 Å². The predicted octanol–water partition coefficient (Wildman–Crippen LogP) is 12.0. The number of nitrogens with zero attached hydrogens (tertiary/aromatic N) is 3. The van der Waals surface area contributed by atoms with Crippen molar-refractivity contribution in [3.05, 3.63) is 163 Å². The molecule has 47 heavy (non-hydrogen) atoms. The summed E-state index contributed by atoms with van der Waals surface area (Å²) in [5, 5.41) is 6.80. The Hall–Kier alpha value is -6.57. The highest BCUT2D eigenvalue weighted by molar-refractivity contribution is 6.24. The van der Waals surface area contributed by atoms with Gasteiger partial charge in [0.15, 0.2) is 5.69 Å². The van der Waals surface area contributed by atoms with Gasteiger partial charge in [0, 0.05) is 38.2 Å². The Bertz CT molecular complexity index is 2880. The fourth-order valence-electron chi connectivity index (χ4n) is 7.64. The summed E-state index contributed by atoms with van der Waals surface area (Å²) in [6, 6.07) is 52.7. The zero-order valence-electron chi connectivity index (χ0n) is 25.2. The monoisotopic (exact) mass is 599 g/mol. The normalized spacial score (nSPS) is 11.8. The summed E-state index contributed by atoms with van der Waals surface area (Å²) < 4.78 is 11.2. The number of rotatable bonds is 3. The van der Waals surface area contributed by atoms with Crippen LogP contribution in [0.3, 0.4) is 0 Å². The van der Waals surface area contributed by atoms with Crippen LogP contribution in [0, 0.1) is 6.57 Å². The van der Waals surface area contributed by atoms with Gasteiger partial charge in [0.25, 0.3) is 0 Å². The van der Waals surface area contributed by atoms with Crippen LogP contribution in [0.5, 0.6) is 0 Å². The van der Waals surface area contributed by atoms with Gasteiger partial charge in [0.2, 0.25) is 0 Å². The lowest BCUT2D eigenvalue weighted by molar-refractivity contribution is 0.673. The maximum Gasteiger partial charge on any atom is 0.197 e. The van der Waals surface area contributed by atoms with Crippen molar-refractivity contribution in [2.24, 2.45) is 0 Å². The third-order valence-corrected chi connectivity index (χ3v) is 9.56. The Labute approximate surface area is 269 Å². The van der Waals surface area contributed by atoms with Crippen LogP contribution in [0.4, 0.5) is 5.69 Å². The zero-order chi connectivity index (χ0) is 31.1. The minimum atomic E-state index is 0.603. The van der Waals surface area contributed by atoms with E-state index in [-0.39, 0.29) is 0 Å². The first-order valence-corrected chi connectivity index (χ1v) is 15.7. The first kappa shape index (κ1) is 25.7. The smallest absolute Gasteiger partial charge is 0.197 e. The second kappa shape index (κ2) is 9.71. The van der Waals surface area contributed by atoms with E-state index in [0.29, 0.717) is 5.69 Å². The number of benzene rings is 7. The molecule has 0 N–H and O–H groups in total. The van der Waals surface area contributed by atoms with Crippen molar-refractivity contribution in [2.45, 2.75) is 0 Å². The van der Waals surface area contributed by atoms with Crippen LogP contribution >= 0.6 is 0 Å². The van der Waals surface area contributed by atoms with E-state index in [9.17, 15) is 0 Å². The Morgan fingerprint density at radius 1 is 0.447 bits per heavy atom. The SMILES string of the molecule is [C-]#[N+]c1cccc(-n2c3ccccc3c3c4oc5ccccc5c4ccc32)c1-c1ccccc1-n1c2ccccc2c2ccccc21. The molecule has 0 amide bonds. The Morgan fingerprint density at radius 2 is 1.02 bits per heavy atom. The average Bonchev–Trinajstić information content (AvgIpc) is 3.79. The van der Waals surface area contributed by atoms with E-state index >= 15 is 0 Å². The van der Waals surface area contributed by atoms with Gasteiger partial charge in [-0.2, -0.15) is 0 Å². The van der Waals surface area contributed by atoms with Gasteiger partial charge in [-0.05, 0) is 54.1 Å². The molecule has 10 rings (SSSR count). The minimum Gasteiger partial charge on any atom is -0.455 e. The van der Waals surface area contributed by atoms with Crippen LogP contribution in [0.25, 0.3) is 92.9 Å². The van der Waals surface area contributed by atoms with Gasteiger partial charge in [0.1, 0.15) is 11.2 Å². The van der Waals surface area contributed by atoms with Gasteiger partial charge >= 0.3 is 0 Å². The first-order chi connectivity index (χ1) is 23.3. The van der Waals surface area contributed by atoms with E-state index in [0.717, 1.165) is 77.3 Å². The van der Waals surface area contributed by atoms with Crippen molar-refractivity contribution < 1.29 is 4.42 Å². The van der Waals surface area contributed by atoms with Crippen LogP contribution in [0.2, 0.25) is 0 Å². The molecule has 0 atom stereocenters. The first-order valence-electron chi connectivity index (χ1n) is 15.7. The number of aromatic nitrogens is 2. The summed E-state index contributed by atoms with van der Waals surface area (Å²) >= 11 is 0. The standard InChI is InChI=1S/C43H25N3O/c1-44-33-18-12-23-38(41(33)31-16-4-9-21-36(31)45-34-19-7-2-13-27(34)28-14-3-8-20-35(28)45)46-37-22-10-5-17-32(37)42-39(46)26-25-30-29-15-6-11-24-40(29)47-43(30)42/h2-26H. The van der Waals surface area contributed by atoms with Gasteiger partial charge in [0.05, 0.1) is 39.7 Å². The third-order valence-electron chi connectivity index (χ3n) is 9.56. The molecule has 3 heterocycles. The Kier molecular flexibility index (Phi) is 5.32. The van der Waals surface area contributed by atoms with E-state index in [1.165, 1.54) is 10.8 Å². The molecule has 0 aliphatic rings. The molecule has 0 bridgehead atoms. The number of para-hydroxylation sites is 5. The highest BCUT2D eigenvalue weighted by Gasteiger charge is 2.23. The minimum absolute atomic E-state index is 0.603. The van der Waals surface area contributed by atoms with Gasteiger partial charge in [-0.1, -0.05) is 103 Å². The molecule has 0 saturated heterocycles. The van der Waals surface area contributed by atoms with Crippen molar-refractivity contribution >= 4 is 71.2 Å². The molecule has 3 aromatic heterocycles. The number of furan rings is 1. The van der Waals surface area contributed by atoms with Crippen molar-refractivity contribution in [3.8, 4) is 22.5 Å². The highest BCUT2D eigenvalue weighted by Crippen LogP contribution is 2.46. The lowest BCUT2D eigenvalue weighted by Crippen LogP contribution is -2.01. The van der Waals surface area contributed by atoms with Crippen LogP contribution in [-0.4, -0.2) is 9.13 Å². The molecule has 0 radical (unpaired) electrons. The Morgan fingerprint density at radius 3 is 1.77 bits per heavy atom. The largest absolute Gasteiger partial charge is 0.455 e. The van der Waals surface area contributed by atoms with Crippen LogP contribution < -0.4 is 0 Å². The summed E-state index contributed by atoms with van der Waals surface area (Å²) in [5.74, 6) is 0. The van der Waals surface area contributed by atoms with Crippen molar-refractivity contribution in [2.75, 3.05) is 0 Å². The molecule has 0 aliphatic carbocycles. The van der Waals surface area contributed by atoms with E-state index in [1.807, 2.05) is 24.3 Å². The van der Waals surface area contributed by atoms with Gasteiger partial charge in [-0.15, -0.1) is 0 Å². The summed E-state index contributed by atoms with van der Waals surface area (Å²) in [5.41, 5.74) is 10.6. The van der Waals surface area contributed by atoms with Gasteiger partial charge < -0.3 is 13.6 Å². The van der Waals surface area contributed by atoms with Gasteiger partial charge in [-0.25, -0.2) is 4.85 Å². The molecule has 0 unspecified atom stereocenters. The molecule has 7 aromatic carbocycles. The second-order valence-corrected chi connectivity index (χ2v) is 12.0. The number of fused-ring (bicyclic) bond motifs is 10. The fourth-order valence-corrected chi connectivity index (χ4v) is 7.64. The molecule has 218 valence electrons. The van der Waals surface area contributed by atoms with Crippen LogP contribution in [0.1, 0.15) is 0 Å². The van der Waals surface area contributed by atoms with Crippen molar-refractivity contribution in [1.29, 1.82) is 0 Å². The number of hydrogen-bond donors (Lipinski definition) is 0. The molecule has 4 nitrogen and oxygen atoms in total. The van der Waals surface area contributed by atoms with Crippen LogP contribution in [0.15, 0.2) is 156 Å². The quantitative estimate of drug-likeness (QED) is 0.186. The molecule has 4 heteroatoms. The lowest BCUT2D eigenvalue weighted by Gasteiger charge is -2.19. The third kappa shape index (κ3) is 3.51. The van der Waals surface area contributed by atoms with Crippen molar-refractivity contribution in [3.63, 3.8) is 0 Å². The molecule has 10 aromatic rings. The second-order valence-electron chi connectivity index (χ2n) is 12.0. The average molecular weight is 600 g/mol. The topological polar surface area (TPSA) is 27.4 Å². The summed E-state index contributed by atoms with van der Waals surface area (Å²) in [7, 11) is 0. The van der Waals surface area contributed by atoms with E-state index in [4.69, 9.17) is 11.0 Å². The molecule has 0 saturated carbocycles. The lowest BCUT2D eigenvalue weighted by atomic mass is 9.98. The van der Waals surface area contributed by atoms with Crippen molar-refractivity contribution in [1.82, 2.24) is 9.13 Å². The summed E-state index contributed by atoms with van der Waals surface area (Å²) in [4.78, 5) is 4.11.